The average molecular weight is 311 g/mol. The molecule has 0 heterocycles. The number of aliphatic hydroxyl groups excluding tert-OH is 1. The Labute approximate surface area is 131 Å². The van der Waals surface area contributed by atoms with E-state index in [4.69, 9.17) is 11.6 Å². The van der Waals surface area contributed by atoms with Gasteiger partial charge in [-0.3, -0.25) is 9.69 Å². The van der Waals surface area contributed by atoms with Crippen LogP contribution >= 0.6 is 11.6 Å². The smallest absolute Gasteiger partial charge is 0.234 e. The highest BCUT2D eigenvalue weighted by Gasteiger charge is 2.27. The second kappa shape index (κ2) is 7.78. The summed E-state index contributed by atoms with van der Waals surface area (Å²) in [6.07, 6.45) is 3.68. The summed E-state index contributed by atoms with van der Waals surface area (Å²) in [5, 5.41) is 13.6. The number of likely N-dealkylation sites (N-methyl/N-ethyl adjacent to an activating group) is 1. The maximum atomic E-state index is 12.0. The largest absolute Gasteiger partial charge is 0.391 e. The SMILES string of the molecule is CN(CC(=O)NCc1ccc(Cl)cc1)C1CCCCC1O. The molecule has 1 aliphatic carbocycles. The third-order valence-electron chi connectivity index (χ3n) is 4.06. The Kier molecular flexibility index (Phi) is 6.03. The molecule has 2 N–H and O–H groups in total. The molecule has 1 aromatic carbocycles. The molecule has 0 bridgehead atoms. The van der Waals surface area contributed by atoms with Gasteiger partial charge in [0.1, 0.15) is 0 Å². The fraction of sp³-hybridized carbons (Fsp3) is 0.562. The molecular weight excluding hydrogens is 288 g/mol. The van der Waals surface area contributed by atoms with Crippen LogP contribution in [0.25, 0.3) is 0 Å². The van der Waals surface area contributed by atoms with Crippen LogP contribution in [0.1, 0.15) is 31.2 Å². The Morgan fingerprint density at radius 2 is 2.00 bits per heavy atom. The minimum absolute atomic E-state index is 0.0229. The average Bonchev–Trinajstić information content (AvgIpc) is 2.47. The van der Waals surface area contributed by atoms with Crippen LogP contribution in [0.5, 0.6) is 0 Å². The number of rotatable bonds is 5. The van der Waals surface area contributed by atoms with Gasteiger partial charge in [0, 0.05) is 17.6 Å². The summed E-state index contributed by atoms with van der Waals surface area (Å²) in [6.45, 7) is 0.812. The van der Waals surface area contributed by atoms with E-state index in [1.807, 2.05) is 36.2 Å². The molecule has 0 aliphatic heterocycles. The van der Waals surface area contributed by atoms with Crippen molar-refractivity contribution in [2.75, 3.05) is 13.6 Å². The monoisotopic (exact) mass is 310 g/mol. The standard InChI is InChI=1S/C16H23ClN2O2/c1-19(14-4-2-3-5-15(14)20)11-16(21)18-10-12-6-8-13(17)9-7-12/h6-9,14-15,20H,2-5,10-11H2,1H3,(H,18,21). The van der Waals surface area contributed by atoms with E-state index >= 15 is 0 Å². The summed E-state index contributed by atoms with van der Waals surface area (Å²) >= 11 is 5.83. The highest BCUT2D eigenvalue weighted by molar-refractivity contribution is 6.30. The fourth-order valence-electron chi connectivity index (χ4n) is 2.81. The van der Waals surface area contributed by atoms with Crippen molar-refractivity contribution in [3.05, 3.63) is 34.9 Å². The zero-order valence-corrected chi connectivity index (χ0v) is 13.1. The third kappa shape index (κ3) is 4.99. The summed E-state index contributed by atoms with van der Waals surface area (Å²) < 4.78 is 0. The Morgan fingerprint density at radius 1 is 1.33 bits per heavy atom. The van der Waals surface area contributed by atoms with E-state index in [1.165, 1.54) is 0 Å². The molecule has 2 rings (SSSR count). The second-order valence-corrected chi connectivity index (χ2v) is 6.17. The number of carbonyl (C=O) groups is 1. The van der Waals surface area contributed by atoms with Crippen LogP contribution in [0.2, 0.25) is 5.02 Å². The molecule has 116 valence electrons. The summed E-state index contributed by atoms with van der Waals surface area (Å²) in [6, 6.07) is 7.52. The van der Waals surface area contributed by atoms with E-state index in [1.54, 1.807) is 0 Å². The maximum absolute atomic E-state index is 12.0. The Bertz CT molecular complexity index is 464. The Balaban J connectivity index is 1.77. The molecule has 4 nitrogen and oxygen atoms in total. The number of nitrogens with one attached hydrogen (secondary N) is 1. The highest BCUT2D eigenvalue weighted by atomic mass is 35.5. The molecule has 0 radical (unpaired) electrons. The van der Waals surface area contributed by atoms with Crippen LogP contribution < -0.4 is 5.32 Å². The first-order valence-corrected chi connectivity index (χ1v) is 7.83. The van der Waals surface area contributed by atoms with Gasteiger partial charge in [-0.25, -0.2) is 0 Å². The normalized spacial score (nSPS) is 22.3. The van der Waals surface area contributed by atoms with Crippen LogP contribution in [0.3, 0.4) is 0 Å². The first-order valence-electron chi connectivity index (χ1n) is 7.45. The number of benzene rings is 1. The number of hydrogen-bond acceptors (Lipinski definition) is 3. The van der Waals surface area contributed by atoms with Crippen molar-refractivity contribution < 1.29 is 9.90 Å². The van der Waals surface area contributed by atoms with Crippen molar-refractivity contribution in [2.24, 2.45) is 0 Å². The maximum Gasteiger partial charge on any atom is 0.234 e. The van der Waals surface area contributed by atoms with E-state index in [0.29, 0.717) is 18.1 Å². The molecule has 1 saturated carbocycles. The van der Waals surface area contributed by atoms with Crippen LogP contribution in [-0.4, -0.2) is 41.7 Å². The van der Waals surface area contributed by atoms with Crippen molar-refractivity contribution in [2.45, 2.75) is 44.4 Å². The molecular formula is C16H23ClN2O2. The molecule has 5 heteroatoms. The van der Waals surface area contributed by atoms with Crippen molar-refractivity contribution in [3.63, 3.8) is 0 Å². The van der Waals surface area contributed by atoms with Gasteiger partial charge in [0.15, 0.2) is 0 Å². The van der Waals surface area contributed by atoms with Crippen molar-refractivity contribution >= 4 is 17.5 Å². The molecule has 1 fully saturated rings. The first kappa shape index (κ1) is 16.3. The predicted molar refractivity (Wildman–Crippen MR) is 84.2 cm³/mol. The van der Waals surface area contributed by atoms with Gasteiger partial charge < -0.3 is 10.4 Å². The quantitative estimate of drug-likeness (QED) is 0.876. The number of halogens is 1. The zero-order chi connectivity index (χ0) is 15.2. The lowest BCUT2D eigenvalue weighted by Crippen LogP contribution is -2.47. The van der Waals surface area contributed by atoms with E-state index in [0.717, 1.165) is 31.2 Å². The lowest BCUT2D eigenvalue weighted by Gasteiger charge is -2.34. The van der Waals surface area contributed by atoms with E-state index in [-0.39, 0.29) is 18.1 Å². The predicted octanol–water partition coefficient (Wildman–Crippen LogP) is 2.19. The van der Waals surface area contributed by atoms with Crippen LogP contribution in [0, 0.1) is 0 Å². The molecule has 0 spiro atoms. The van der Waals surface area contributed by atoms with Gasteiger partial charge in [-0.15, -0.1) is 0 Å². The topological polar surface area (TPSA) is 52.6 Å². The molecule has 1 aromatic rings. The lowest BCUT2D eigenvalue weighted by molar-refractivity contribution is -0.123. The van der Waals surface area contributed by atoms with Gasteiger partial charge in [0.25, 0.3) is 0 Å². The molecule has 21 heavy (non-hydrogen) atoms. The summed E-state index contributed by atoms with van der Waals surface area (Å²) in [7, 11) is 1.90. The van der Waals surface area contributed by atoms with Crippen molar-refractivity contribution in [3.8, 4) is 0 Å². The minimum Gasteiger partial charge on any atom is -0.391 e. The Morgan fingerprint density at radius 3 is 2.67 bits per heavy atom. The summed E-state index contributed by atoms with van der Waals surface area (Å²) in [5.41, 5.74) is 1.02. The first-order chi connectivity index (χ1) is 10.1. The third-order valence-corrected chi connectivity index (χ3v) is 4.31. The van der Waals surface area contributed by atoms with Crippen LogP contribution in [0.4, 0.5) is 0 Å². The number of carbonyl (C=O) groups excluding carboxylic acids is 1. The number of amides is 1. The van der Waals surface area contributed by atoms with Gasteiger partial charge in [-0.2, -0.15) is 0 Å². The number of nitrogens with zero attached hydrogens (tertiary/aromatic N) is 1. The number of aliphatic hydroxyl groups is 1. The highest BCUT2D eigenvalue weighted by Crippen LogP contribution is 2.22. The second-order valence-electron chi connectivity index (χ2n) is 5.74. The van der Waals surface area contributed by atoms with Gasteiger partial charge in [0.2, 0.25) is 5.91 Å². The van der Waals surface area contributed by atoms with Crippen molar-refractivity contribution in [1.29, 1.82) is 0 Å². The van der Waals surface area contributed by atoms with E-state index in [2.05, 4.69) is 5.32 Å². The molecule has 1 amide bonds. The lowest BCUT2D eigenvalue weighted by atomic mass is 9.91. The van der Waals surface area contributed by atoms with E-state index < -0.39 is 0 Å². The molecule has 2 atom stereocenters. The molecule has 0 aromatic heterocycles. The molecule has 1 aliphatic rings. The van der Waals surface area contributed by atoms with Crippen LogP contribution in [-0.2, 0) is 11.3 Å². The fourth-order valence-corrected chi connectivity index (χ4v) is 2.93. The van der Waals surface area contributed by atoms with E-state index in [9.17, 15) is 9.90 Å². The van der Waals surface area contributed by atoms with Crippen molar-refractivity contribution in [1.82, 2.24) is 10.2 Å². The number of hydrogen-bond donors (Lipinski definition) is 2. The Hall–Kier alpha value is -1.10. The molecule has 2 unspecified atom stereocenters. The minimum atomic E-state index is -0.312. The van der Waals surface area contributed by atoms with Gasteiger partial charge >= 0.3 is 0 Å². The molecule has 0 saturated heterocycles. The summed E-state index contributed by atoms with van der Waals surface area (Å²) in [5.74, 6) is -0.0229. The van der Waals surface area contributed by atoms with Gasteiger partial charge in [0.05, 0.1) is 12.6 Å². The summed E-state index contributed by atoms with van der Waals surface area (Å²) in [4.78, 5) is 13.9. The van der Waals surface area contributed by atoms with Crippen LogP contribution in [0.15, 0.2) is 24.3 Å². The van der Waals surface area contributed by atoms with Gasteiger partial charge in [-0.05, 0) is 37.6 Å². The zero-order valence-electron chi connectivity index (χ0n) is 12.4. The van der Waals surface area contributed by atoms with Gasteiger partial charge in [-0.1, -0.05) is 36.6 Å².